The molecule has 0 spiro atoms. The maximum absolute atomic E-state index is 9.07. The highest BCUT2D eigenvalue weighted by Crippen LogP contribution is 2.20. The monoisotopic (exact) mass is 246 g/mol. The summed E-state index contributed by atoms with van der Waals surface area (Å²) in [5.74, 6) is 0. The Morgan fingerprint density at radius 1 is 1.50 bits per heavy atom. The molecule has 0 N–H and O–H groups in total. The summed E-state index contributed by atoms with van der Waals surface area (Å²) in [5.41, 5.74) is 1.09. The second kappa shape index (κ2) is 6.01. The highest BCUT2D eigenvalue weighted by atomic mass is 15.3. The fraction of sp³-hybridized carbons (Fsp3) is 0.714. The van der Waals surface area contributed by atoms with E-state index in [1.54, 1.807) is 0 Å². The summed E-state index contributed by atoms with van der Waals surface area (Å²) >= 11 is 0. The zero-order valence-corrected chi connectivity index (χ0v) is 11.3. The first kappa shape index (κ1) is 13.1. The molecule has 0 saturated carbocycles. The Bertz CT molecular complexity index is 414. The minimum absolute atomic E-state index is 0.0864. The van der Waals surface area contributed by atoms with Crippen molar-refractivity contribution in [1.82, 2.24) is 14.7 Å². The van der Waals surface area contributed by atoms with Crippen LogP contribution in [-0.2, 0) is 6.54 Å². The molecule has 1 aliphatic rings. The van der Waals surface area contributed by atoms with Crippen LogP contribution in [0.1, 0.15) is 51.3 Å². The van der Waals surface area contributed by atoms with Crippen molar-refractivity contribution in [2.24, 2.45) is 0 Å². The van der Waals surface area contributed by atoms with E-state index in [9.17, 15) is 0 Å². The molecule has 2 heterocycles. The van der Waals surface area contributed by atoms with Gasteiger partial charge in [-0.25, -0.2) is 0 Å². The number of nitriles is 1. The summed E-state index contributed by atoms with van der Waals surface area (Å²) in [6.07, 6.45) is 6.43. The molecule has 0 bridgehead atoms. The van der Waals surface area contributed by atoms with Gasteiger partial charge in [0, 0.05) is 12.7 Å². The Morgan fingerprint density at radius 2 is 2.28 bits per heavy atom. The second-order valence-electron chi connectivity index (χ2n) is 5.02. The maximum Gasteiger partial charge on any atom is 0.0981 e. The number of rotatable bonds is 5. The van der Waals surface area contributed by atoms with E-state index in [4.69, 9.17) is 5.26 Å². The van der Waals surface area contributed by atoms with E-state index in [1.807, 2.05) is 0 Å². The molecule has 0 radical (unpaired) electrons. The van der Waals surface area contributed by atoms with Gasteiger partial charge >= 0.3 is 0 Å². The van der Waals surface area contributed by atoms with Crippen molar-refractivity contribution >= 4 is 0 Å². The van der Waals surface area contributed by atoms with Gasteiger partial charge in [-0.2, -0.15) is 10.4 Å². The topological polar surface area (TPSA) is 44.9 Å². The zero-order valence-electron chi connectivity index (χ0n) is 11.3. The summed E-state index contributed by atoms with van der Waals surface area (Å²) < 4.78 is 2.08. The molecule has 1 fully saturated rings. The quantitative estimate of drug-likeness (QED) is 0.802. The fourth-order valence-corrected chi connectivity index (χ4v) is 2.70. The largest absolute Gasteiger partial charge is 0.282 e. The Labute approximate surface area is 109 Å². The molecule has 4 heteroatoms. The first-order chi connectivity index (χ1) is 8.78. The SMILES string of the molecule is CCC(CC)n1ccc(CN2CCCC2C#N)n1. The van der Waals surface area contributed by atoms with Crippen LogP contribution in [0, 0.1) is 11.3 Å². The number of likely N-dealkylation sites (tertiary alicyclic amines) is 1. The predicted octanol–water partition coefficient (Wildman–Crippen LogP) is 2.73. The van der Waals surface area contributed by atoms with Crippen LogP contribution >= 0.6 is 0 Å². The van der Waals surface area contributed by atoms with Gasteiger partial charge in [0.15, 0.2) is 0 Å². The van der Waals surface area contributed by atoms with Crippen molar-refractivity contribution in [3.8, 4) is 6.07 Å². The first-order valence-corrected chi connectivity index (χ1v) is 6.96. The zero-order chi connectivity index (χ0) is 13.0. The molecule has 1 aliphatic heterocycles. The number of aromatic nitrogens is 2. The normalized spacial score (nSPS) is 20.4. The van der Waals surface area contributed by atoms with Gasteiger partial charge in [-0.1, -0.05) is 13.8 Å². The minimum Gasteiger partial charge on any atom is -0.282 e. The molecule has 2 rings (SSSR count). The van der Waals surface area contributed by atoms with E-state index < -0.39 is 0 Å². The third-order valence-electron chi connectivity index (χ3n) is 3.86. The van der Waals surface area contributed by atoms with Crippen LogP contribution in [0.2, 0.25) is 0 Å². The van der Waals surface area contributed by atoms with Gasteiger partial charge in [-0.15, -0.1) is 0 Å². The van der Waals surface area contributed by atoms with Crippen LogP contribution in [0.25, 0.3) is 0 Å². The molecule has 0 amide bonds. The van der Waals surface area contributed by atoms with Crippen molar-refractivity contribution < 1.29 is 0 Å². The maximum atomic E-state index is 9.07. The van der Waals surface area contributed by atoms with E-state index in [2.05, 4.69) is 46.9 Å². The molecular weight excluding hydrogens is 224 g/mol. The molecule has 0 aliphatic carbocycles. The Hall–Kier alpha value is -1.34. The molecule has 1 unspecified atom stereocenters. The van der Waals surface area contributed by atoms with Gasteiger partial charge < -0.3 is 0 Å². The van der Waals surface area contributed by atoms with Gasteiger partial charge in [-0.05, 0) is 38.3 Å². The smallest absolute Gasteiger partial charge is 0.0981 e. The second-order valence-corrected chi connectivity index (χ2v) is 5.02. The number of nitrogens with zero attached hydrogens (tertiary/aromatic N) is 4. The van der Waals surface area contributed by atoms with Crippen molar-refractivity contribution in [2.75, 3.05) is 6.54 Å². The lowest BCUT2D eigenvalue weighted by atomic mass is 10.2. The summed E-state index contributed by atoms with van der Waals surface area (Å²) in [6, 6.07) is 5.06. The van der Waals surface area contributed by atoms with E-state index in [1.165, 1.54) is 0 Å². The lowest BCUT2D eigenvalue weighted by molar-refractivity contribution is 0.280. The van der Waals surface area contributed by atoms with Gasteiger partial charge in [0.05, 0.1) is 23.8 Å². The van der Waals surface area contributed by atoms with Gasteiger partial charge in [-0.3, -0.25) is 9.58 Å². The fourth-order valence-electron chi connectivity index (χ4n) is 2.70. The third-order valence-corrected chi connectivity index (χ3v) is 3.86. The Kier molecular flexibility index (Phi) is 4.38. The summed E-state index contributed by atoms with van der Waals surface area (Å²) in [6.45, 7) is 6.23. The molecule has 1 saturated heterocycles. The lowest BCUT2D eigenvalue weighted by Crippen LogP contribution is -2.27. The number of hydrogen-bond acceptors (Lipinski definition) is 3. The van der Waals surface area contributed by atoms with Gasteiger partial charge in [0.1, 0.15) is 0 Å². The first-order valence-electron chi connectivity index (χ1n) is 6.96. The van der Waals surface area contributed by atoms with Crippen LogP contribution in [0.4, 0.5) is 0 Å². The van der Waals surface area contributed by atoms with Crippen molar-refractivity contribution in [3.05, 3.63) is 18.0 Å². The Balaban J connectivity index is 2.00. The molecule has 98 valence electrons. The summed E-state index contributed by atoms with van der Waals surface area (Å²) in [4.78, 5) is 2.24. The van der Waals surface area contributed by atoms with Crippen molar-refractivity contribution in [2.45, 2.75) is 58.2 Å². The minimum atomic E-state index is 0.0864. The average Bonchev–Trinajstić information content (AvgIpc) is 3.01. The van der Waals surface area contributed by atoms with Crippen LogP contribution in [0.15, 0.2) is 12.3 Å². The molecule has 4 nitrogen and oxygen atoms in total. The molecule has 0 aromatic carbocycles. The molecule has 1 aromatic rings. The molecule has 18 heavy (non-hydrogen) atoms. The Morgan fingerprint density at radius 3 is 2.94 bits per heavy atom. The van der Waals surface area contributed by atoms with Crippen LogP contribution in [0.5, 0.6) is 0 Å². The molecular formula is C14H22N4. The van der Waals surface area contributed by atoms with E-state index in [0.29, 0.717) is 6.04 Å². The van der Waals surface area contributed by atoms with Crippen LogP contribution in [0.3, 0.4) is 0 Å². The summed E-state index contributed by atoms with van der Waals surface area (Å²) in [5, 5.41) is 13.7. The van der Waals surface area contributed by atoms with E-state index in [-0.39, 0.29) is 6.04 Å². The van der Waals surface area contributed by atoms with Crippen molar-refractivity contribution in [3.63, 3.8) is 0 Å². The number of hydrogen-bond donors (Lipinski definition) is 0. The molecule has 1 aromatic heterocycles. The molecule has 1 atom stereocenters. The summed E-state index contributed by atoms with van der Waals surface area (Å²) in [7, 11) is 0. The third kappa shape index (κ3) is 2.73. The van der Waals surface area contributed by atoms with Crippen LogP contribution in [-0.4, -0.2) is 27.3 Å². The highest BCUT2D eigenvalue weighted by Gasteiger charge is 2.24. The standard InChI is InChI=1S/C14H22N4/c1-3-13(4-2)18-9-7-12(16-18)11-17-8-5-6-14(17)10-15/h7,9,13-14H,3-6,8,11H2,1-2H3. The van der Waals surface area contributed by atoms with Crippen LogP contribution < -0.4 is 0 Å². The van der Waals surface area contributed by atoms with Crippen molar-refractivity contribution in [1.29, 1.82) is 5.26 Å². The predicted molar refractivity (Wildman–Crippen MR) is 70.9 cm³/mol. The lowest BCUT2D eigenvalue weighted by Gasteiger charge is -2.17. The van der Waals surface area contributed by atoms with E-state index >= 15 is 0 Å². The average molecular weight is 246 g/mol. The van der Waals surface area contributed by atoms with Gasteiger partial charge in [0.25, 0.3) is 0 Å². The van der Waals surface area contributed by atoms with E-state index in [0.717, 1.165) is 44.5 Å². The highest BCUT2D eigenvalue weighted by molar-refractivity contribution is 5.04. The van der Waals surface area contributed by atoms with Gasteiger partial charge in [0.2, 0.25) is 0 Å².